The van der Waals surface area contributed by atoms with E-state index in [-0.39, 0.29) is 10.8 Å². The van der Waals surface area contributed by atoms with Crippen molar-refractivity contribution in [1.82, 2.24) is 15.0 Å². The number of hydrogen-bond acceptors (Lipinski definition) is 5. The van der Waals surface area contributed by atoms with Gasteiger partial charge in [0, 0.05) is 28.3 Å². The summed E-state index contributed by atoms with van der Waals surface area (Å²) in [6.07, 6.45) is 2.17. The molecule has 54 heavy (non-hydrogen) atoms. The van der Waals surface area contributed by atoms with Gasteiger partial charge in [-0.2, -0.15) is 15.0 Å². The Morgan fingerprint density at radius 1 is 0.444 bits per heavy atom. The molecule has 5 aromatic carbocycles. The van der Waals surface area contributed by atoms with Crippen molar-refractivity contribution in [2.45, 2.75) is 105 Å². The summed E-state index contributed by atoms with van der Waals surface area (Å²) in [5.74, 6) is 2.64. The van der Waals surface area contributed by atoms with Crippen LogP contribution in [-0.4, -0.2) is 15.0 Å². The Bertz CT molecular complexity index is 1970. The Morgan fingerprint density at radius 2 is 0.778 bits per heavy atom. The molecule has 0 amide bonds. The first-order valence-corrected chi connectivity index (χ1v) is 19.6. The van der Waals surface area contributed by atoms with Crippen LogP contribution in [0.2, 0.25) is 0 Å². The second kappa shape index (κ2) is 16.0. The molecule has 1 aromatic heterocycles. The molecule has 6 rings (SSSR count). The van der Waals surface area contributed by atoms with Crippen LogP contribution in [0.15, 0.2) is 127 Å². The van der Waals surface area contributed by atoms with E-state index in [0.29, 0.717) is 29.6 Å². The van der Waals surface area contributed by atoms with Crippen molar-refractivity contribution in [1.29, 1.82) is 0 Å². The third-order valence-corrected chi connectivity index (χ3v) is 10.7. The molecule has 1 heterocycles. The molecule has 0 aliphatic heterocycles. The molecule has 0 spiro atoms. The van der Waals surface area contributed by atoms with E-state index in [9.17, 15) is 0 Å². The SMILES string of the molecule is CCC(C)c1ccc(N(c2ccc(C(C)(C)C)cc2)c2nc(-c3ccccc3)nc(N(c3ccc(C(C)CC)cc3)c3ccc(C(C)(C)C)cc3)n2)cc1. The second-order valence-corrected chi connectivity index (χ2v) is 16.7. The molecule has 5 heteroatoms. The summed E-state index contributed by atoms with van der Waals surface area (Å²) in [4.78, 5) is 20.2. The second-order valence-electron chi connectivity index (χ2n) is 16.7. The molecule has 0 saturated carbocycles. The minimum absolute atomic E-state index is 0.0234. The van der Waals surface area contributed by atoms with Crippen molar-refractivity contribution in [3.05, 3.63) is 150 Å². The summed E-state index contributed by atoms with van der Waals surface area (Å²) in [6.45, 7) is 22.5. The van der Waals surface area contributed by atoms with Crippen molar-refractivity contribution in [3.63, 3.8) is 0 Å². The van der Waals surface area contributed by atoms with Gasteiger partial charge in [-0.1, -0.05) is 148 Å². The van der Waals surface area contributed by atoms with Crippen LogP contribution in [0.3, 0.4) is 0 Å². The maximum atomic E-state index is 5.38. The fourth-order valence-corrected chi connectivity index (χ4v) is 6.63. The van der Waals surface area contributed by atoms with E-state index < -0.39 is 0 Å². The van der Waals surface area contributed by atoms with Crippen molar-refractivity contribution < 1.29 is 0 Å². The first kappa shape index (κ1) is 38.4. The Morgan fingerprint density at radius 3 is 1.09 bits per heavy atom. The molecule has 5 nitrogen and oxygen atoms in total. The van der Waals surface area contributed by atoms with Gasteiger partial charge < -0.3 is 0 Å². The van der Waals surface area contributed by atoms with Crippen molar-refractivity contribution in [2.75, 3.05) is 9.80 Å². The summed E-state index contributed by atoms with van der Waals surface area (Å²) < 4.78 is 0. The molecule has 0 aliphatic rings. The number of nitrogens with zero attached hydrogens (tertiary/aromatic N) is 5. The highest BCUT2D eigenvalue weighted by atomic mass is 15.3. The minimum Gasteiger partial charge on any atom is -0.279 e. The lowest BCUT2D eigenvalue weighted by Crippen LogP contribution is -2.20. The summed E-state index contributed by atoms with van der Waals surface area (Å²) >= 11 is 0. The summed E-state index contributed by atoms with van der Waals surface area (Å²) in [7, 11) is 0. The maximum Gasteiger partial charge on any atom is 0.240 e. The van der Waals surface area contributed by atoms with Gasteiger partial charge in [0.25, 0.3) is 0 Å². The highest BCUT2D eigenvalue weighted by Gasteiger charge is 2.25. The van der Waals surface area contributed by atoms with Gasteiger partial charge in [-0.3, -0.25) is 9.80 Å². The molecule has 0 radical (unpaired) electrons. The average Bonchev–Trinajstić information content (AvgIpc) is 3.18. The molecule has 0 fully saturated rings. The third kappa shape index (κ3) is 8.57. The molecule has 0 aliphatic carbocycles. The van der Waals surface area contributed by atoms with Gasteiger partial charge in [0.15, 0.2) is 5.82 Å². The highest BCUT2D eigenvalue weighted by molar-refractivity contribution is 5.78. The zero-order valence-corrected chi connectivity index (χ0v) is 33.9. The van der Waals surface area contributed by atoms with E-state index in [2.05, 4.69) is 188 Å². The third-order valence-electron chi connectivity index (χ3n) is 10.7. The van der Waals surface area contributed by atoms with Gasteiger partial charge >= 0.3 is 0 Å². The number of benzene rings is 5. The Kier molecular flexibility index (Phi) is 11.4. The molecule has 278 valence electrons. The predicted molar refractivity (Wildman–Crippen MR) is 229 cm³/mol. The van der Waals surface area contributed by atoms with Gasteiger partial charge in [0.2, 0.25) is 11.9 Å². The fourth-order valence-electron chi connectivity index (χ4n) is 6.63. The van der Waals surface area contributed by atoms with Crippen LogP contribution in [0.5, 0.6) is 0 Å². The van der Waals surface area contributed by atoms with Gasteiger partial charge in [-0.15, -0.1) is 0 Å². The fraction of sp³-hybridized carbons (Fsp3) is 0.327. The van der Waals surface area contributed by atoms with E-state index in [1.165, 1.54) is 22.3 Å². The molecule has 2 unspecified atom stereocenters. The average molecular weight is 716 g/mol. The van der Waals surface area contributed by atoms with E-state index in [4.69, 9.17) is 15.0 Å². The number of aromatic nitrogens is 3. The monoisotopic (exact) mass is 715 g/mol. The van der Waals surface area contributed by atoms with Crippen molar-refractivity contribution in [2.24, 2.45) is 0 Å². The van der Waals surface area contributed by atoms with Gasteiger partial charge in [-0.05, 0) is 106 Å². The Labute approximate surface area is 324 Å². The van der Waals surface area contributed by atoms with Crippen molar-refractivity contribution in [3.8, 4) is 11.4 Å². The van der Waals surface area contributed by atoms with Crippen LogP contribution < -0.4 is 9.80 Å². The highest BCUT2D eigenvalue weighted by Crippen LogP contribution is 2.40. The first-order chi connectivity index (χ1) is 25.8. The molecule has 0 N–H and O–H groups in total. The van der Waals surface area contributed by atoms with Gasteiger partial charge in [0.05, 0.1) is 0 Å². The van der Waals surface area contributed by atoms with Crippen LogP contribution in [0.4, 0.5) is 34.6 Å². The zero-order valence-electron chi connectivity index (χ0n) is 33.9. The summed E-state index contributed by atoms with van der Waals surface area (Å²) in [5, 5.41) is 0. The van der Waals surface area contributed by atoms with E-state index >= 15 is 0 Å². The number of rotatable bonds is 11. The largest absolute Gasteiger partial charge is 0.279 e. The molecular weight excluding hydrogens is 659 g/mol. The topological polar surface area (TPSA) is 45.2 Å². The minimum atomic E-state index is 0.0234. The summed E-state index contributed by atoms with van der Waals surface area (Å²) in [6, 6.07) is 45.6. The maximum absolute atomic E-state index is 5.38. The van der Waals surface area contributed by atoms with Crippen LogP contribution >= 0.6 is 0 Å². The number of hydrogen-bond donors (Lipinski definition) is 0. The number of anilines is 6. The van der Waals surface area contributed by atoms with Crippen LogP contribution in [0, 0.1) is 0 Å². The molecule has 0 bridgehead atoms. The molecule has 0 saturated heterocycles. The van der Waals surface area contributed by atoms with E-state index in [0.717, 1.165) is 41.2 Å². The first-order valence-electron chi connectivity index (χ1n) is 19.6. The lowest BCUT2D eigenvalue weighted by atomic mass is 9.87. The van der Waals surface area contributed by atoms with Crippen LogP contribution in [0.1, 0.15) is 116 Å². The smallest absolute Gasteiger partial charge is 0.240 e. The van der Waals surface area contributed by atoms with Gasteiger partial charge in [-0.25, -0.2) is 0 Å². The predicted octanol–water partition coefficient (Wildman–Crippen LogP) is 14.1. The Balaban J connectivity index is 1.60. The summed E-state index contributed by atoms with van der Waals surface area (Å²) in [5.41, 5.74) is 10.1. The van der Waals surface area contributed by atoms with Gasteiger partial charge in [0.1, 0.15) is 0 Å². The zero-order chi connectivity index (χ0) is 38.6. The lowest BCUT2D eigenvalue weighted by molar-refractivity contribution is 0.590. The standard InChI is InChI=1S/C49H57N5/c1-11-34(3)36-18-26-41(27-19-36)53(43-30-22-39(23-31-43)48(5,6)7)46-50-45(38-16-14-13-15-17-38)51-47(52-46)54(42-28-20-37(21-29-42)35(4)12-2)44-32-24-40(25-33-44)49(8,9)10/h13-35H,11-12H2,1-10H3. The van der Waals surface area contributed by atoms with E-state index in [1.807, 2.05) is 18.2 Å². The van der Waals surface area contributed by atoms with Crippen molar-refractivity contribution >= 4 is 34.6 Å². The van der Waals surface area contributed by atoms with Crippen LogP contribution in [0.25, 0.3) is 11.4 Å². The molecular formula is C49H57N5. The quantitative estimate of drug-likeness (QED) is 0.134. The lowest BCUT2D eigenvalue weighted by Gasteiger charge is -2.28. The van der Waals surface area contributed by atoms with E-state index in [1.54, 1.807) is 0 Å². The molecule has 2 atom stereocenters. The van der Waals surface area contributed by atoms with Crippen LogP contribution in [-0.2, 0) is 10.8 Å². The Hall–Kier alpha value is -5.29. The normalized spacial score (nSPS) is 13.0. The molecule has 6 aromatic rings.